The van der Waals surface area contributed by atoms with Gasteiger partial charge in [-0.15, -0.1) is 0 Å². The molecule has 0 unspecified atom stereocenters. The van der Waals surface area contributed by atoms with Gasteiger partial charge in [0.15, 0.2) is 0 Å². The van der Waals surface area contributed by atoms with Crippen molar-refractivity contribution in [1.82, 2.24) is 5.32 Å². The summed E-state index contributed by atoms with van der Waals surface area (Å²) in [5, 5.41) is 11.5. The first-order valence-electron chi connectivity index (χ1n) is 6.62. The van der Waals surface area contributed by atoms with E-state index in [4.69, 9.17) is 10.8 Å². The van der Waals surface area contributed by atoms with Crippen LogP contribution in [0.15, 0.2) is 0 Å². The maximum Gasteiger partial charge on any atom is 0.326 e. The average Bonchev–Trinajstić information content (AvgIpc) is 2.26. The Kier molecular flexibility index (Phi) is 8.37. The van der Waals surface area contributed by atoms with E-state index in [9.17, 15) is 9.59 Å². The first kappa shape index (κ1) is 16.9. The van der Waals surface area contributed by atoms with Gasteiger partial charge in [0, 0.05) is 6.42 Å². The highest BCUT2D eigenvalue weighted by Gasteiger charge is 2.21. The Balaban J connectivity index is 4.24. The fourth-order valence-electron chi connectivity index (χ4n) is 1.99. The standard InChI is InChI=1S/C13H26N2O3/c1-4-5-11(13(17)18)15-12(16)7-10(8-14)6-9(2)3/h9-11H,4-8,14H2,1-3H3,(H,15,16)(H,17,18)/t10-,11+/m0/s1. The Bertz CT molecular complexity index is 267. The number of carbonyl (C=O) groups is 2. The molecule has 0 radical (unpaired) electrons. The first-order chi connectivity index (χ1) is 8.40. The van der Waals surface area contributed by atoms with Gasteiger partial charge < -0.3 is 16.2 Å². The van der Waals surface area contributed by atoms with Crippen LogP contribution in [0.3, 0.4) is 0 Å². The lowest BCUT2D eigenvalue weighted by molar-refractivity contribution is -0.142. The Morgan fingerprint density at radius 2 is 1.94 bits per heavy atom. The van der Waals surface area contributed by atoms with Crippen LogP contribution in [-0.4, -0.2) is 29.6 Å². The molecule has 18 heavy (non-hydrogen) atoms. The summed E-state index contributed by atoms with van der Waals surface area (Å²) in [5.41, 5.74) is 5.62. The lowest BCUT2D eigenvalue weighted by Crippen LogP contribution is -2.41. The van der Waals surface area contributed by atoms with Crippen molar-refractivity contribution in [3.05, 3.63) is 0 Å². The molecule has 0 aromatic rings. The third-order valence-corrected chi connectivity index (χ3v) is 2.82. The molecule has 0 aliphatic rings. The Hall–Kier alpha value is -1.10. The van der Waals surface area contributed by atoms with Gasteiger partial charge in [-0.1, -0.05) is 27.2 Å². The van der Waals surface area contributed by atoms with E-state index >= 15 is 0 Å². The van der Waals surface area contributed by atoms with Gasteiger partial charge in [-0.2, -0.15) is 0 Å². The van der Waals surface area contributed by atoms with Crippen molar-refractivity contribution in [1.29, 1.82) is 0 Å². The smallest absolute Gasteiger partial charge is 0.326 e. The average molecular weight is 258 g/mol. The van der Waals surface area contributed by atoms with Crippen molar-refractivity contribution < 1.29 is 14.7 Å². The zero-order chi connectivity index (χ0) is 14.1. The van der Waals surface area contributed by atoms with E-state index in [1.807, 2.05) is 6.92 Å². The number of nitrogens with one attached hydrogen (secondary N) is 1. The van der Waals surface area contributed by atoms with Gasteiger partial charge in [-0.05, 0) is 31.2 Å². The molecule has 5 nitrogen and oxygen atoms in total. The molecule has 5 heteroatoms. The molecule has 106 valence electrons. The number of carboxylic acid groups (broad SMARTS) is 1. The number of hydrogen-bond acceptors (Lipinski definition) is 3. The molecule has 2 atom stereocenters. The van der Waals surface area contributed by atoms with E-state index in [-0.39, 0.29) is 11.8 Å². The van der Waals surface area contributed by atoms with Crippen LogP contribution in [0.2, 0.25) is 0 Å². The molecule has 1 amide bonds. The van der Waals surface area contributed by atoms with Crippen molar-refractivity contribution in [2.45, 2.75) is 52.5 Å². The lowest BCUT2D eigenvalue weighted by Gasteiger charge is -2.19. The van der Waals surface area contributed by atoms with Crippen LogP contribution in [0.5, 0.6) is 0 Å². The molecular formula is C13H26N2O3. The van der Waals surface area contributed by atoms with Crippen molar-refractivity contribution in [2.24, 2.45) is 17.6 Å². The van der Waals surface area contributed by atoms with E-state index < -0.39 is 12.0 Å². The van der Waals surface area contributed by atoms with Crippen LogP contribution in [0.25, 0.3) is 0 Å². The summed E-state index contributed by atoms with van der Waals surface area (Å²) in [5.74, 6) is -0.580. The van der Waals surface area contributed by atoms with Gasteiger partial charge in [0.1, 0.15) is 6.04 Å². The van der Waals surface area contributed by atoms with Gasteiger partial charge in [0.2, 0.25) is 5.91 Å². The highest BCUT2D eigenvalue weighted by molar-refractivity contribution is 5.83. The minimum Gasteiger partial charge on any atom is -0.480 e. The van der Waals surface area contributed by atoms with Gasteiger partial charge in [-0.25, -0.2) is 4.79 Å². The molecule has 0 aliphatic carbocycles. The first-order valence-corrected chi connectivity index (χ1v) is 6.62. The highest BCUT2D eigenvalue weighted by atomic mass is 16.4. The molecule has 0 saturated carbocycles. The number of nitrogens with two attached hydrogens (primary N) is 1. The maximum atomic E-state index is 11.8. The molecule has 0 bridgehead atoms. The van der Waals surface area contributed by atoms with Gasteiger partial charge in [-0.3, -0.25) is 4.79 Å². The fourth-order valence-corrected chi connectivity index (χ4v) is 1.99. The maximum absolute atomic E-state index is 11.8. The Morgan fingerprint density at radius 1 is 1.33 bits per heavy atom. The molecule has 4 N–H and O–H groups in total. The van der Waals surface area contributed by atoms with Gasteiger partial charge in [0.25, 0.3) is 0 Å². The SMILES string of the molecule is CCC[C@@H](NC(=O)C[C@@H](CN)CC(C)C)C(=O)O. The Morgan fingerprint density at radius 3 is 2.33 bits per heavy atom. The van der Waals surface area contributed by atoms with E-state index in [1.165, 1.54) is 0 Å². The lowest BCUT2D eigenvalue weighted by atomic mass is 9.94. The summed E-state index contributed by atoms with van der Waals surface area (Å²) >= 11 is 0. The van der Waals surface area contributed by atoms with Crippen molar-refractivity contribution in [2.75, 3.05) is 6.54 Å². The second kappa shape index (κ2) is 8.91. The number of carbonyl (C=O) groups excluding carboxylic acids is 1. The van der Waals surface area contributed by atoms with Crippen LogP contribution >= 0.6 is 0 Å². The largest absolute Gasteiger partial charge is 0.480 e. The molecule has 0 heterocycles. The molecule has 0 aliphatic heterocycles. The number of aliphatic carboxylic acids is 1. The second-order valence-electron chi connectivity index (χ2n) is 5.18. The van der Waals surface area contributed by atoms with Crippen LogP contribution < -0.4 is 11.1 Å². The molecule has 0 aromatic heterocycles. The van der Waals surface area contributed by atoms with Crippen molar-refractivity contribution in [3.63, 3.8) is 0 Å². The van der Waals surface area contributed by atoms with E-state index in [1.54, 1.807) is 0 Å². The van der Waals surface area contributed by atoms with Crippen molar-refractivity contribution >= 4 is 11.9 Å². The van der Waals surface area contributed by atoms with E-state index in [2.05, 4.69) is 19.2 Å². The molecule has 0 spiro atoms. The topological polar surface area (TPSA) is 92.4 Å². The van der Waals surface area contributed by atoms with E-state index in [0.717, 1.165) is 12.8 Å². The number of rotatable bonds is 9. The summed E-state index contributed by atoms with van der Waals surface area (Å²) in [6.07, 6.45) is 2.37. The second-order valence-corrected chi connectivity index (χ2v) is 5.18. The summed E-state index contributed by atoms with van der Waals surface area (Å²) < 4.78 is 0. The fraction of sp³-hybridized carbons (Fsp3) is 0.846. The normalized spacial score (nSPS) is 14.3. The van der Waals surface area contributed by atoms with Crippen LogP contribution in [-0.2, 0) is 9.59 Å². The van der Waals surface area contributed by atoms with Gasteiger partial charge >= 0.3 is 5.97 Å². The minimum atomic E-state index is -0.974. The summed E-state index contributed by atoms with van der Waals surface area (Å²) in [4.78, 5) is 22.7. The predicted molar refractivity (Wildman–Crippen MR) is 71.1 cm³/mol. The molecule has 0 rings (SSSR count). The molecule has 0 aromatic carbocycles. The third kappa shape index (κ3) is 7.27. The quantitative estimate of drug-likeness (QED) is 0.582. The predicted octanol–water partition coefficient (Wildman–Crippen LogP) is 1.37. The Labute approximate surface area is 109 Å². The molecule has 0 saturated heterocycles. The number of hydrogen-bond donors (Lipinski definition) is 3. The van der Waals surface area contributed by atoms with E-state index in [0.29, 0.717) is 25.3 Å². The number of amides is 1. The highest BCUT2D eigenvalue weighted by Crippen LogP contribution is 2.14. The monoisotopic (exact) mass is 258 g/mol. The van der Waals surface area contributed by atoms with Crippen LogP contribution in [0.1, 0.15) is 46.5 Å². The molecule has 0 fully saturated rings. The zero-order valence-electron chi connectivity index (χ0n) is 11.6. The number of carboxylic acids is 1. The minimum absolute atomic E-state index is 0.126. The zero-order valence-corrected chi connectivity index (χ0v) is 11.6. The summed E-state index contributed by atoms with van der Waals surface area (Å²) in [7, 11) is 0. The third-order valence-electron chi connectivity index (χ3n) is 2.82. The van der Waals surface area contributed by atoms with Crippen LogP contribution in [0, 0.1) is 11.8 Å². The molecular weight excluding hydrogens is 232 g/mol. The van der Waals surface area contributed by atoms with Crippen LogP contribution in [0.4, 0.5) is 0 Å². The van der Waals surface area contributed by atoms with Gasteiger partial charge in [0.05, 0.1) is 0 Å². The summed E-state index contributed by atoms with van der Waals surface area (Å²) in [6, 6.07) is -0.778. The summed E-state index contributed by atoms with van der Waals surface area (Å²) in [6.45, 7) is 6.51. The van der Waals surface area contributed by atoms with Crippen molar-refractivity contribution in [3.8, 4) is 0 Å².